The van der Waals surface area contributed by atoms with Crippen molar-refractivity contribution in [3.8, 4) is 11.4 Å². The molecule has 0 fully saturated rings. The number of carbonyl (C=O) groups is 1. The first-order valence-corrected chi connectivity index (χ1v) is 8.90. The van der Waals surface area contributed by atoms with Gasteiger partial charge in [0.2, 0.25) is 17.6 Å². The highest BCUT2D eigenvalue weighted by molar-refractivity contribution is 9.10. The van der Waals surface area contributed by atoms with Gasteiger partial charge < -0.3 is 9.84 Å². The molecule has 1 amide bonds. The maximum Gasteiger partial charge on any atom is 0.227 e. The van der Waals surface area contributed by atoms with Gasteiger partial charge in [0.25, 0.3) is 0 Å². The van der Waals surface area contributed by atoms with Crippen molar-refractivity contribution in [2.24, 2.45) is 0 Å². The van der Waals surface area contributed by atoms with Crippen LogP contribution in [-0.2, 0) is 17.6 Å². The highest BCUT2D eigenvalue weighted by Gasteiger charge is 2.11. The molecule has 0 aliphatic rings. The van der Waals surface area contributed by atoms with Gasteiger partial charge in [-0.25, -0.2) is 0 Å². The third-order valence-corrected chi connectivity index (χ3v) is 4.31. The molecule has 1 aromatic heterocycles. The Bertz CT molecular complexity index is 842. The summed E-state index contributed by atoms with van der Waals surface area (Å²) >= 11 is 3.39. The van der Waals surface area contributed by atoms with Gasteiger partial charge in [-0.15, -0.1) is 0 Å². The molecule has 3 aromatic rings. The average Bonchev–Trinajstić information content (AvgIpc) is 3.10. The van der Waals surface area contributed by atoms with Gasteiger partial charge in [0.1, 0.15) is 0 Å². The van der Waals surface area contributed by atoms with Crippen LogP contribution >= 0.6 is 15.9 Å². The maximum atomic E-state index is 12.0. The second-order valence-electron chi connectivity index (χ2n) is 5.62. The molecule has 25 heavy (non-hydrogen) atoms. The first-order chi connectivity index (χ1) is 12.1. The van der Waals surface area contributed by atoms with Crippen molar-refractivity contribution in [2.45, 2.75) is 26.2 Å². The Hall–Kier alpha value is -2.47. The fourth-order valence-corrected chi connectivity index (χ4v) is 2.60. The van der Waals surface area contributed by atoms with E-state index in [0.29, 0.717) is 18.1 Å². The number of halogens is 1. The quantitative estimate of drug-likeness (QED) is 0.655. The summed E-state index contributed by atoms with van der Waals surface area (Å²) in [6.07, 6.45) is 1.67. The van der Waals surface area contributed by atoms with E-state index in [1.165, 1.54) is 5.56 Å². The molecule has 5 nitrogen and oxygen atoms in total. The van der Waals surface area contributed by atoms with E-state index in [2.05, 4.69) is 38.3 Å². The number of aromatic nitrogens is 2. The number of hydrogen-bond donors (Lipinski definition) is 1. The Morgan fingerprint density at radius 3 is 2.52 bits per heavy atom. The second-order valence-corrected chi connectivity index (χ2v) is 6.53. The molecule has 0 unspecified atom stereocenters. The number of nitrogens with zero attached hydrogens (tertiary/aromatic N) is 2. The third kappa shape index (κ3) is 4.76. The third-order valence-electron chi connectivity index (χ3n) is 3.78. The van der Waals surface area contributed by atoms with Gasteiger partial charge in [-0.1, -0.05) is 40.1 Å². The number of benzene rings is 2. The van der Waals surface area contributed by atoms with E-state index in [-0.39, 0.29) is 12.3 Å². The fourth-order valence-electron chi connectivity index (χ4n) is 2.34. The lowest BCUT2D eigenvalue weighted by molar-refractivity contribution is -0.116. The molecule has 1 heterocycles. The van der Waals surface area contributed by atoms with Gasteiger partial charge in [-0.2, -0.15) is 4.98 Å². The van der Waals surface area contributed by atoms with E-state index in [9.17, 15) is 4.79 Å². The summed E-state index contributed by atoms with van der Waals surface area (Å²) in [5.74, 6) is 0.903. The summed E-state index contributed by atoms with van der Waals surface area (Å²) in [6, 6.07) is 15.5. The van der Waals surface area contributed by atoms with Crippen LogP contribution in [0.25, 0.3) is 11.4 Å². The number of amides is 1. The van der Waals surface area contributed by atoms with E-state index in [0.717, 1.165) is 22.1 Å². The minimum Gasteiger partial charge on any atom is -0.339 e. The van der Waals surface area contributed by atoms with E-state index in [4.69, 9.17) is 4.52 Å². The van der Waals surface area contributed by atoms with Gasteiger partial charge in [0.15, 0.2) is 0 Å². The van der Waals surface area contributed by atoms with Crippen LogP contribution in [0.5, 0.6) is 0 Å². The number of nitrogens with one attached hydrogen (secondary N) is 1. The molecule has 0 bridgehead atoms. The molecular formula is C19H18BrN3O2. The minimum absolute atomic E-state index is 0.0763. The minimum atomic E-state index is -0.0763. The summed E-state index contributed by atoms with van der Waals surface area (Å²) in [7, 11) is 0. The second kappa shape index (κ2) is 8.07. The Morgan fingerprint density at radius 2 is 1.84 bits per heavy atom. The largest absolute Gasteiger partial charge is 0.339 e. The fraction of sp³-hybridized carbons (Fsp3) is 0.211. The number of carbonyl (C=O) groups excluding carboxylic acids is 1. The number of aryl methyl sites for hydroxylation is 2. The van der Waals surface area contributed by atoms with E-state index >= 15 is 0 Å². The van der Waals surface area contributed by atoms with Crippen LogP contribution in [0.1, 0.15) is 24.8 Å². The Kier molecular flexibility index (Phi) is 5.60. The molecule has 0 atom stereocenters. The molecule has 0 aliphatic carbocycles. The maximum absolute atomic E-state index is 12.0. The van der Waals surface area contributed by atoms with Gasteiger partial charge in [0.05, 0.1) is 0 Å². The highest BCUT2D eigenvalue weighted by Crippen LogP contribution is 2.19. The zero-order valence-electron chi connectivity index (χ0n) is 13.8. The number of rotatable bonds is 6. The molecule has 128 valence electrons. The summed E-state index contributed by atoms with van der Waals surface area (Å²) in [6.45, 7) is 2.10. The normalized spacial score (nSPS) is 10.6. The van der Waals surface area contributed by atoms with Crippen molar-refractivity contribution >= 4 is 27.5 Å². The van der Waals surface area contributed by atoms with Crippen LogP contribution in [0.15, 0.2) is 57.5 Å². The van der Waals surface area contributed by atoms with Crippen LogP contribution in [0.2, 0.25) is 0 Å². The number of anilines is 1. The molecule has 0 spiro atoms. The van der Waals surface area contributed by atoms with Crippen LogP contribution in [-0.4, -0.2) is 16.0 Å². The van der Waals surface area contributed by atoms with Crippen molar-refractivity contribution in [3.63, 3.8) is 0 Å². The predicted molar refractivity (Wildman–Crippen MR) is 100 cm³/mol. The van der Waals surface area contributed by atoms with E-state index < -0.39 is 0 Å². The van der Waals surface area contributed by atoms with Gasteiger partial charge >= 0.3 is 0 Å². The van der Waals surface area contributed by atoms with Gasteiger partial charge in [0, 0.05) is 28.6 Å². The SMILES string of the molecule is CCc1ccc(NC(=O)CCc2nc(-c3ccc(Br)cc3)no2)cc1. The van der Waals surface area contributed by atoms with Crippen LogP contribution < -0.4 is 5.32 Å². The standard InChI is InChI=1S/C19H18BrN3O2/c1-2-13-3-9-16(10-4-13)21-17(24)11-12-18-22-19(23-25-18)14-5-7-15(20)8-6-14/h3-10H,2,11-12H2,1H3,(H,21,24). The molecule has 0 saturated carbocycles. The highest BCUT2D eigenvalue weighted by atomic mass is 79.9. The topological polar surface area (TPSA) is 68.0 Å². The van der Waals surface area contributed by atoms with Crippen molar-refractivity contribution in [1.29, 1.82) is 0 Å². The van der Waals surface area contributed by atoms with Crippen LogP contribution in [0.4, 0.5) is 5.69 Å². The van der Waals surface area contributed by atoms with Crippen molar-refractivity contribution < 1.29 is 9.32 Å². The zero-order chi connectivity index (χ0) is 17.6. The molecule has 2 aromatic carbocycles. The van der Waals surface area contributed by atoms with Gasteiger partial charge in [-0.05, 0) is 48.4 Å². The number of hydrogen-bond acceptors (Lipinski definition) is 4. The molecular weight excluding hydrogens is 382 g/mol. The monoisotopic (exact) mass is 399 g/mol. The molecule has 1 N–H and O–H groups in total. The lowest BCUT2D eigenvalue weighted by Gasteiger charge is -2.05. The molecule has 0 radical (unpaired) electrons. The van der Waals surface area contributed by atoms with E-state index in [1.54, 1.807) is 0 Å². The molecule has 6 heteroatoms. The molecule has 0 aliphatic heterocycles. The Morgan fingerprint density at radius 1 is 1.12 bits per heavy atom. The Labute approximate surface area is 154 Å². The Balaban J connectivity index is 1.54. The predicted octanol–water partition coefficient (Wildman–Crippen LogP) is 4.63. The van der Waals surface area contributed by atoms with E-state index in [1.807, 2.05) is 48.5 Å². The van der Waals surface area contributed by atoms with Crippen molar-refractivity contribution in [3.05, 3.63) is 64.5 Å². The molecule has 3 rings (SSSR count). The summed E-state index contributed by atoms with van der Waals surface area (Å²) < 4.78 is 6.22. The van der Waals surface area contributed by atoms with Crippen molar-refractivity contribution in [2.75, 3.05) is 5.32 Å². The van der Waals surface area contributed by atoms with Crippen LogP contribution in [0, 0.1) is 0 Å². The van der Waals surface area contributed by atoms with Crippen molar-refractivity contribution in [1.82, 2.24) is 10.1 Å². The summed E-state index contributed by atoms with van der Waals surface area (Å²) in [4.78, 5) is 16.4. The summed E-state index contributed by atoms with van der Waals surface area (Å²) in [5.41, 5.74) is 2.91. The lowest BCUT2D eigenvalue weighted by Crippen LogP contribution is -2.12. The lowest BCUT2D eigenvalue weighted by atomic mass is 10.1. The summed E-state index contributed by atoms with van der Waals surface area (Å²) in [5, 5.41) is 6.84. The molecule has 0 saturated heterocycles. The van der Waals surface area contributed by atoms with Crippen LogP contribution in [0.3, 0.4) is 0 Å². The first kappa shape index (κ1) is 17.4. The average molecular weight is 400 g/mol. The van der Waals surface area contributed by atoms with Gasteiger partial charge in [-0.3, -0.25) is 4.79 Å². The smallest absolute Gasteiger partial charge is 0.227 e. The first-order valence-electron chi connectivity index (χ1n) is 8.11. The zero-order valence-corrected chi connectivity index (χ0v) is 15.4.